The molecule has 0 aliphatic heterocycles. The molecule has 0 saturated carbocycles. The smallest absolute Gasteiger partial charge is 0.0147 e. The van der Waals surface area contributed by atoms with Crippen LogP contribution in [0.3, 0.4) is 0 Å². The Bertz CT molecular complexity index is 449. The lowest BCUT2D eigenvalue weighted by Gasteiger charge is -2.04. The molecule has 0 bridgehead atoms. The summed E-state index contributed by atoms with van der Waals surface area (Å²) in [6.07, 6.45) is 41.3. The van der Waals surface area contributed by atoms with Gasteiger partial charge in [0.05, 0.1) is 0 Å². The van der Waals surface area contributed by atoms with Gasteiger partial charge in [0.1, 0.15) is 0 Å². The van der Waals surface area contributed by atoms with Gasteiger partial charge in [-0.3, -0.25) is 0 Å². The summed E-state index contributed by atoms with van der Waals surface area (Å²) in [6.45, 7) is 2.30. The average Bonchev–Trinajstić information content (AvgIpc) is 3.35. The van der Waals surface area contributed by atoms with Crippen molar-refractivity contribution >= 4 is 0 Å². The first-order valence-corrected chi connectivity index (χ1v) is 15.6. The Morgan fingerprint density at radius 3 is 1.00 bits per heavy atom. The zero-order valence-corrected chi connectivity index (χ0v) is 22.8. The van der Waals surface area contributed by atoms with E-state index in [0.29, 0.717) is 0 Å². The highest BCUT2D eigenvalue weighted by molar-refractivity contribution is 5.03. The van der Waals surface area contributed by atoms with Crippen LogP contribution in [0.25, 0.3) is 0 Å². The van der Waals surface area contributed by atoms with E-state index in [1.54, 1.807) is 0 Å². The Balaban J connectivity index is 1.62. The number of aromatic amines is 1. The second kappa shape index (κ2) is 25.9. The first-order valence-electron chi connectivity index (χ1n) is 15.6. The normalized spacial score (nSPS) is 11.4. The van der Waals surface area contributed by atoms with E-state index in [9.17, 15) is 0 Å². The summed E-state index contributed by atoms with van der Waals surface area (Å²) in [5.41, 5.74) is 1.40. The highest BCUT2D eigenvalue weighted by Crippen LogP contribution is 2.16. The van der Waals surface area contributed by atoms with Crippen LogP contribution < -0.4 is 0 Å². The molecular formula is C32H61N. The van der Waals surface area contributed by atoms with Crippen LogP contribution in [0, 0.1) is 0 Å². The van der Waals surface area contributed by atoms with Crippen LogP contribution in [0.2, 0.25) is 0 Å². The molecule has 0 amide bonds. The standard InChI is InChI=1S/C32H61N/c1-2-3-4-5-6-7-8-9-10-11-12-13-14-15-16-17-18-19-20-21-22-23-24-25-26-27-29-32-30-28-31-33-32/h28,30-31,33H,2-27,29H2,1H3. The molecular weight excluding hydrogens is 398 g/mol. The summed E-state index contributed by atoms with van der Waals surface area (Å²) in [7, 11) is 0. The summed E-state index contributed by atoms with van der Waals surface area (Å²) in [5.74, 6) is 0. The summed E-state index contributed by atoms with van der Waals surface area (Å²) in [5, 5.41) is 0. The van der Waals surface area contributed by atoms with Crippen LogP contribution in [0.5, 0.6) is 0 Å². The van der Waals surface area contributed by atoms with E-state index in [1.807, 2.05) is 6.20 Å². The molecule has 1 aromatic heterocycles. The van der Waals surface area contributed by atoms with Crippen molar-refractivity contribution in [3.05, 3.63) is 24.0 Å². The Morgan fingerprint density at radius 1 is 0.424 bits per heavy atom. The van der Waals surface area contributed by atoms with Gasteiger partial charge in [0, 0.05) is 11.9 Å². The lowest BCUT2D eigenvalue weighted by Crippen LogP contribution is -1.86. The minimum Gasteiger partial charge on any atom is -0.365 e. The minimum absolute atomic E-state index is 1.23. The zero-order chi connectivity index (χ0) is 23.5. The minimum atomic E-state index is 1.23. The van der Waals surface area contributed by atoms with Crippen LogP contribution in [0.4, 0.5) is 0 Å². The summed E-state index contributed by atoms with van der Waals surface area (Å²) >= 11 is 0. The van der Waals surface area contributed by atoms with Crippen molar-refractivity contribution in [3.63, 3.8) is 0 Å². The molecule has 1 nitrogen and oxygen atoms in total. The van der Waals surface area contributed by atoms with Crippen molar-refractivity contribution in [2.75, 3.05) is 0 Å². The van der Waals surface area contributed by atoms with Crippen LogP contribution >= 0.6 is 0 Å². The average molecular weight is 460 g/mol. The van der Waals surface area contributed by atoms with Gasteiger partial charge >= 0.3 is 0 Å². The molecule has 0 aromatic carbocycles. The van der Waals surface area contributed by atoms with Crippen molar-refractivity contribution in [2.24, 2.45) is 0 Å². The summed E-state index contributed by atoms with van der Waals surface area (Å²) in [6, 6.07) is 4.32. The van der Waals surface area contributed by atoms with E-state index >= 15 is 0 Å². The van der Waals surface area contributed by atoms with E-state index in [2.05, 4.69) is 24.0 Å². The van der Waals surface area contributed by atoms with Gasteiger partial charge in [0.2, 0.25) is 0 Å². The Labute approximate surface area is 209 Å². The van der Waals surface area contributed by atoms with Gasteiger partial charge in [0.25, 0.3) is 0 Å². The Hall–Kier alpha value is -0.720. The maximum absolute atomic E-state index is 3.31. The number of aromatic nitrogens is 1. The van der Waals surface area contributed by atoms with E-state index in [1.165, 1.54) is 179 Å². The Morgan fingerprint density at radius 2 is 0.727 bits per heavy atom. The van der Waals surface area contributed by atoms with Crippen LogP contribution in [0.15, 0.2) is 18.3 Å². The lowest BCUT2D eigenvalue weighted by molar-refractivity contribution is 0.515. The predicted octanol–water partition coefficient (Wildman–Crippen LogP) is 11.7. The quantitative estimate of drug-likeness (QED) is 0.126. The highest BCUT2D eigenvalue weighted by atomic mass is 14.7. The molecule has 1 N–H and O–H groups in total. The first-order chi connectivity index (χ1) is 16.4. The van der Waals surface area contributed by atoms with Gasteiger partial charge in [-0.1, -0.05) is 167 Å². The van der Waals surface area contributed by atoms with Crippen LogP contribution in [-0.4, -0.2) is 4.98 Å². The molecule has 33 heavy (non-hydrogen) atoms. The lowest BCUT2D eigenvalue weighted by atomic mass is 10.0. The summed E-state index contributed by atoms with van der Waals surface area (Å²) < 4.78 is 0. The van der Waals surface area contributed by atoms with Crippen LogP contribution in [0.1, 0.15) is 180 Å². The number of unbranched alkanes of at least 4 members (excludes halogenated alkanes) is 25. The molecule has 194 valence electrons. The molecule has 1 heteroatoms. The molecule has 0 saturated heterocycles. The SMILES string of the molecule is CCCCCCCCCCCCCCCCCCCCCCCCCCCCc1ccc[nH]1. The largest absolute Gasteiger partial charge is 0.365 e. The molecule has 0 atom stereocenters. The van der Waals surface area contributed by atoms with Gasteiger partial charge in [-0.2, -0.15) is 0 Å². The molecule has 0 spiro atoms. The fourth-order valence-corrected chi connectivity index (χ4v) is 5.15. The molecule has 0 radical (unpaired) electrons. The third-order valence-corrected chi connectivity index (χ3v) is 7.46. The zero-order valence-electron chi connectivity index (χ0n) is 22.8. The second-order valence-electron chi connectivity index (χ2n) is 10.8. The third-order valence-electron chi connectivity index (χ3n) is 7.46. The van der Waals surface area contributed by atoms with E-state index in [0.717, 1.165) is 0 Å². The maximum Gasteiger partial charge on any atom is 0.0147 e. The molecule has 1 rings (SSSR count). The van der Waals surface area contributed by atoms with E-state index in [-0.39, 0.29) is 0 Å². The summed E-state index contributed by atoms with van der Waals surface area (Å²) in [4.78, 5) is 3.31. The molecule has 1 heterocycles. The number of rotatable bonds is 27. The number of hydrogen-bond acceptors (Lipinski definition) is 0. The topological polar surface area (TPSA) is 15.8 Å². The Kier molecular flexibility index (Phi) is 23.8. The number of H-pyrrole nitrogens is 1. The van der Waals surface area contributed by atoms with Crippen molar-refractivity contribution in [2.45, 2.75) is 180 Å². The van der Waals surface area contributed by atoms with Gasteiger partial charge in [-0.15, -0.1) is 0 Å². The van der Waals surface area contributed by atoms with Gasteiger partial charge in [-0.25, -0.2) is 0 Å². The molecule has 1 aromatic rings. The van der Waals surface area contributed by atoms with Gasteiger partial charge < -0.3 is 4.98 Å². The van der Waals surface area contributed by atoms with Crippen LogP contribution in [-0.2, 0) is 6.42 Å². The molecule has 0 fully saturated rings. The monoisotopic (exact) mass is 459 g/mol. The number of aryl methyl sites for hydroxylation is 1. The van der Waals surface area contributed by atoms with Crippen molar-refractivity contribution in [3.8, 4) is 0 Å². The van der Waals surface area contributed by atoms with Gasteiger partial charge in [0.15, 0.2) is 0 Å². The fraction of sp³-hybridized carbons (Fsp3) is 0.875. The van der Waals surface area contributed by atoms with Crippen molar-refractivity contribution < 1.29 is 0 Å². The predicted molar refractivity (Wildman–Crippen MR) is 150 cm³/mol. The number of hydrogen-bond donors (Lipinski definition) is 1. The third kappa shape index (κ3) is 22.8. The van der Waals surface area contributed by atoms with Crippen molar-refractivity contribution in [1.82, 2.24) is 4.98 Å². The van der Waals surface area contributed by atoms with E-state index < -0.39 is 0 Å². The molecule has 0 aliphatic carbocycles. The van der Waals surface area contributed by atoms with Gasteiger partial charge in [-0.05, 0) is 25.0 Å². The van der Waals surface area contributed by atoms with E-state index in [4.69, 9.17) is 0 Å². The first kappa shape index (κ1) is 30.3. The molecule has 0 aliphatic rings. The molecule has 0 unspecified atom stereocenters. The second-order valence-corrected chi connectivity index (χ2v) is 10.8. The maximum atomic E-state index is 3.31. The fourth-order valence-electron chi connectivity index (χ4n) is 5.15. The van der Waals surface area contributed by atoms with Crippen molar-refractivity contribution in [1.29, 1.82) is 0 Å². The highest BCUT2D eigenvalue weighted by Gasteiger charge is 1.97. The number of nitrogens with one attached hydrogen (secondary N) is 1.